The summed E-state index contributed by atoms with van der Waals surface area (Å²) in [4.78, 5) is 2.38. The third-order valence-corrected chi connectivity index (χ3v) is 3.90. The Labute approximate surface area is 127 Å². The summed E-state index contributed by atoms with van der Waals surface area (Å²) in [7, 11) is 0. The van der Waals surface area contributed by atoms with Crippen molar-refractivity contribution in [2.75, 3.05) is 44.7 Å². The van der Waals surface area contributed by atoms with E-state index in [1.165, 1.54) is 4.63 Å². The lowest BCUT2D eigenvalue weighted by Crippen LogP contribution is -2.39. The monoisotopic (exact) mass is 299 g/mol. The maximum Gasteiger partial charge on any atom is 0.207 e. The minimum absolute atomic E-state index is 0.675. The van der Waals surface area contributed by atoms with Crippen LogP contribution in [0.3, 0.4) is 0 Å². The van der Waals surface area contributed by atoms with E-state index in [0.717, 1.165) is 56.0 Å². The number of morpholine rings is 1. The van der Waals surface area contributed by atoms with E-state index in [2.05, 4.69) is 30.8 Å². The van der Waals surface area contributed by atoms with Crippen LogP contribution in [0.25, 0.3) is 16.4 Å². The summed E-state index contributed by atoms with van der Waals surface area (Å²) in [6.45, 7) is 5.40. The fraction of sp³-hybridized carbons (Fsp3) is 0.429. The smallest absolute Gasteiger partial charge is 0.207 e. The number of anilines is 1. The van der Waals surface area contributed by atoms with Crippen LogP contribution in [0, 0.1) is 0 Å². The summed E-state index contributed by atoms with van der Waals surface area (Å²) in [6.07, 6.45) is 0. The van der Waals surface area contributed by atoms with Gasteiger partial charge in [-0.3, -0.25) is 4.90 Å². The van der Waals surface area contributed by atoms with Crippen LogP contribution in [0.1, 0.15) is 0 Å². The van der Waals surface area contributed by atoms with Crippen LogP contribution >= 0.6 is 0 Å². The molecule has 1 N–H and O–H groups in total. The second-order valence-corrected chi connectivity index (χ2v) is 5.27. The lowest BCUT2D eigenvalue weighted by atomic mass is 10.2. The van der Waals surface area contributed by atoms with E-state index in [-0.39, 0.29) is 0 Å². The highest BCUT2D eigenvalue weighted by molar-refractivity contribution is 5.99. The fourth-order valence-corrected chi connectivity index (χ4v) is 2.73. The highest BCUT2D eigenvalue weighted by Crippen LogP contribution is 2.23. The van der Waals surface area contributed by atoms with Crippen LogP contribution in [-0.2, 0) is 4.74 Å². The lowest BCUT2D eigenvalue weighted by Gasteiger charge is -2.26. The number of ether oxygens (including phenoxy) is 1. The second-order valence-electron chi connectivity index (χ2n) is 5.27. The van der Waals surface area contributed by atoms with Gasteiger partial charge in [-0.15, -0.1) is 14.8 Å². The quantitative estimate of drug-likeness (QED) is 0.747. The minimum atomic E-state index is 0.675. The van der Waals surface area contributed by atoms with Crippen molar-refractivity contribution in [2.45, 2.75) is 0 Å². The molecular weight excluding hydrogens is 282 g/mol. The fourth-order valence-electron chi connectivity index (χ4n) is 2.73. The number of benzene rings is 1. The van der Waals surface area contributed by atoms with Gasteiger partial charge in [0.25, 0.3) is 0 Å². The molecule has 0 unspecified atom stereocenters. The molecule has 3 heterocycles. The molecule has 114 valence electrons. The molecule has 0 amide bonds. The van der Waals surface area contributed by atoms with E-state index in [1.807, 2.05) is 24.3 Å². The van der Waals surface area contributed by atoms with Crippen molar-refractivity contribution in [3.63, 3.8) is 0 Å². The SMILES string of the molecule is c1ccc2c(c1)c(NCCN1CCOCC1)nn1nnnc21. The number of hydrogen-bond donors (Lipinski definition) is 1. The van der Waals surface area contributed by atoms with Gasteiger partial charge in [0.05, 0.1) is 13.2 Å². The first kappa shape index (κ1) is 13.4. The number of hydrogen-bond acceptors (Lipinski definition) is 7. The zero-order valence-corrected chi connectivity index (χ0v) is 12.1. The Morgan fingerprint density at radius 1 is 1.14 bits per heavy atom. The van der Waals surface area contributed by atoms with Crippen LogP contribution in [0.4, 0.5) is 5.82 Å². The first-order valence-corrected chi connectivity index (χ1v) is 7.43. The molecule has 8 nitrogen and oxygen atoms in total. The van der Waals surface area contributed by atoms with Gasteiger partial charge in [-0.05, 0) is 10.4 Å². The number of nitrogens with zero attached hydrogens (tertiary/aromatic N) is 6. The number of aromatic nitrogens is 5. The predicted molar refractivity (Wildman–Crippen MR) is 81.8 cm³/mol. The molecule has 0 atom stereocenters. The molecule has 2 aromatic heterocycles. The molecule has 1 fully saturated rings. The molecular formula is C14H17N7O. The summed E-state index contributed by atoms with van der Waals surface area (Å²) in [5.41, 5.74) is 0.675. The van der Waals surface area contributed by atoms with E-state index in [9.17, 15) is 0 Å². The Morgan fingerprint density at radius 3 is 2.82 bits per heavy atom. The van der Waals surface area contributed by atoms with Gasteiger partial charge in [-0.1, -0.05) is 24.3 Å². The van der Waals surface area contributed by atoms with Crippen LogP contribution < -0.4 is 5.32 Å². The van der Waals surface area contributed by atoms with Gasteiger partial charge < -0.3 is 10.1 Å². The highest BCUT2D eigenvalue weighted by atomic mass is 16.5. The first-order valence-electron chi connectivity index (χ1n) is 7.43. The van der Waals surface area contributed by atoms with E-state index < -0.39 is 0 Å². The van der Waals surface area contributed by atoms with Crippen LogP contribution in [0.15, 0.2) is 24.3 Å². The topological polar surface area (TPSA) is 80.5 Å². The van der Waals surface area contributed by atoms with E-state index >= 15 is 0 Å². The lowest BCUT2D eigenvalue weighted by molar-refractivity contribution is 0.0398. The number of tetrazole rings is 1. The van der Waals surface area contributed by atoms with E-state index in [4.69, 9.17) is 4.74 Å². The largest absolute Gasteiger partial charge is 0.379 e. The molecule has 1 saturated heterocycles. The van der Waals surface area contributed by atoms with E-state index in [0.29, 0.717) is 5.65 Å². The summed E-state index contributed by atoms with van der Waals surface area (Å²) < 4.78 is 6.83. The van der Waals surface area contributed by atoms with Gasteiger partial charge in [0.1, 0.15) is 0 Å². The molecule has 1 aromatic carbocycles. The molecule has 0 radical (unpaired) electrons. The average molecular weight is 299 g/mol. The predicted octanol–water partition coefficient (Wildman–Crippen LogP) is 0.417. The number of nitrogens with one attached hydrogen (secondary N) is 1. The van der Waals surface area contributed by atoms with Crippen molar-refractivity contribution in [1.29, 1.82) is 0 Å². The maximum absolute atomic E-state index is 5.36. The van der Waals surface area contributed by atoms with Gasteiger partial charge in [-0.25, -0.2) is 0 Å². The van der Waals surface area contributed by atoms with Crippen LogP contribution in [-0.4, -0.2) is 69.5 Å². The Kier molecular flexibility index (Phi) is 3.53. The standard InChI is InChI=1S/C14H17N7O/c1-2-4-12-11(3-1)13(17-21-14(12)16-18-19-21)15-5-6-20-7-9-22-10-8-20/h1-4H,5-10H2,(H,15,17). The van der Waals surface area contributed by atoms with Crippen molar-refractivity contribution in [3.8, 4) is 0 Å². The molecule has 8 heteroatoms. The first-order chi connectivity index (χ1) is 10.9. The van der Waals surface area contributed by atoms with Crippen molar-refractivity contribution in [3.05, 3.63) is 24.3 Å². The molecule has 0 aliphatic carbocycles. The molecule has 0 saturated carbocycles. The van der Waals surface area contributed by atoms with Crippen molar-refractivity contribution in [1.82, 2.24) is 30.2 Å². The number of rotatable bonds is 4. The van der Waals surface area contributed by atoms with Crippen molar-refractivity contribution in [2.24, 2.45) is 0 Å². The summed E-state index contributed by atoms with van der Waals surface area (Å²) in [5.74, 6) is 0.809. The minimum Gasteiger partial charge on any atom is -0.379 e. The van der Waals surface area contributed by atoms with Gasteiger partial charge >= 0.3 is 0 Å². The Hall–Kier alpha value is -2.32. The highest BCUT2D eigenvalue weighted by Gasteiger charge is 2.12. The zero-order valence-electron chi connectivity index (χ0n) is 12.1. The van der Waals surface area contributed by atoms with Crippen molar-refractivity contribution >= 4 is 22.2 Å². The summed E-state index contributed by atoms with van der Waals surface area (Å²) in [5, 5.41) is 21.5. The Balaban J connectivity index is 1.57. The summed E-state index contributed by atoms with van der Waals surface area (Å²) in [6, 6.07) is 8.02. The summed E-state index contributed by atoms with van der Waals surface area (Å²) >= 11 is 0. The van der Waals surface area contributed by atoms with E-state index in [1.54, 1.807) is 0 Å². The maximum atomic E-state index is 5.36. The van der Waals surface area contributed by atoms with Gasteiger partial charge in [0, 0.05) is 37.0 Å². The normalized spacial score (nSPS) is 16.4. The third kappa shape index (κ3) is 2.46. The molecule has 22 heavy (non-hydrogen) atoms. The Bertz CT molecular complexity index is 781. The third-order valence-electron chi connectivity index (χ3n) is 3.90. The number of fused-ring (bicyclic) bond motifs is 3. The van der Waals surface area contributed by atoms with Crippen LogP contribution in [0.2, 0.25) is 0 Å². The van der Waals surface area contributed by atoms with Crippen molar-refractivity contribution < 1.29 is 4.74 Å². The van der Waals surface area contributed by atoms with Gasteiger partial charge in [0.15, 0.2) is 5.82 Å². The molecule has 3 aromatic rings. The molecule has 0 bridgehead atoms. The molecule has 4 rings (SSSR count). The molecule has 1 aliphatic heterocycles. The average Bonchev–Trinajstić information content (AvgIpc) is 3.04. The Morgan fingerprint density at radius 2 is 1.95 bits per heavy atom. The van der Waals surface area contributed by atoms with Crippen LogP contribution in [0.5, 0.6) is 0 Å². The molecule has 0 spiro atoms. The molecule has 1 aliphatic rings. The zero-order chi connectivity index (χ0) is 14.8. The second kappa shape index (κ2) is 5.82. The van der Waals surface area contributed by atoms with Gasteiger partial charge in [0.2, 0.25) is 5.65 Å². The van der Waals surface area contributed by atoms with Gasteiger partial charge in [-0.2, -0.15) is 0 Å².